The van der Waals surface area contributed by atoms with Crippen LogP contribution in [0.3, 0.4) is 0 Å². The maximum atomic E-state index is 11.8. The summed E-state index contributed by atoms with van der Waals surface area (Å²) in [5, 5.41) is 11.8. The summed E-state index contributed by atoms with van der Waals surface area (Å²) in [5.74, 6) is -0.351. The first-order valence-corrected chi connectivity index (χ1v) is 7.97. The lowest BCUT2D eigenvalue weighted by Gasteiger charge is -2.37. The molecule has 0 heterocycles. The van der Waals surface area contributed by atoms with Crippen LogP contribution in [0.15, 0.2) is 0 Å². The lowest BCUT2D eigenvalue weighted by atomic mass is 9.66. The third-order valence-corrected chi connectivity index (χ3v) is 5.29. The van der Waals surface area contributed by atoms with Gasteiger partial charge in [-0.1, -0.05) is 57.8 Å². The molecule has 0 aromatic heterocycles. The monoisotopic (exact) mass is 251 g/mol. The molecule has 2 saturated carbocycles. The van der Waals surface area contributed by atoms with E-state index in [0.29, 0.717) is 5.92 Å². The average molecular weight is 251 g/mol. The minimum Gasteiger partial charge on any atom is -0.247 e. The summed E-state index contributed by atoms with van der Waals surface area (Å²) in [6.07, 6.45) is 14.9. The van der Waals surface area contributed by atoms with E-state index in [1.165, 1.54) is 44.9 Å². The fourth-order valence-corrected chi connectivity index (χ4v) is 4.15. The molecular formula is C16H27O2. The van der Waals surface area contributed by atoms with Crippen molar-refractivity contribution in [2.24, 2.45) is 11.3 Å². The summed E-state index contributed by atoms with van der Waals surface area (Å²) >= 11 is 0. The van der Waals surface area contributed by atoms with E-state index in [1.807, 2.05) is 0 Å². The van der Waals surface area contributed by atoms with Crippen LogP contribution in [0.25, 0.3) is 0 Å². The molecule has 0 N–H and O–H groups in total. The Bertz CT molecular complexity index is 256. The number of rotatable bonds is 2. The molecule has 2 fully saturated rings. The van der Waals surface area contributed by atoms with Gasteiger partial charge in [0.25, 0.3) is 0 Å². The van der Waals surface area contributed by atoms with Gasteiger partial charge in [0.05, 0.1) is 5.41 Å². The van der Waals surface area contributed by atoms with Gasteiger partial charge in [-0.25, -0.2) is 9.90 Å². The number of carbonyl (C=O) groups is 1. The van der Waals surface area contributed by atoms with Crippen LogP contribution in [0.2, 0.25) is 0 Å². The Balaban J connectivity index is 2.12. The Kier molecular flexibility index (Phi) is 5.08. The molecular weight excluding hydrogens is 224 g/mol. The summed E-state index contributed by atoms with van der Waals surface area (Å²) in [6, 6.07) is 0. The highest BCUT2D eigenvalue weighted by Crippen LogP contribution is 2.46. The lowest BCUT2D eigenvalue weighted by molar-refractivity contribution is -0.161. The second kappa shape index (κ2) is 6.58. The maximum absolute atomic E-state index is 11.8. The highest BCUT2D eigenvalue weighted by Gasteiger charge is 2.46. The predicted molar refractivity (Wildman–Crippen MR) is 71.6 cm³/mol. The minimum atomic E-state index is -0.741. The average Bonchev–Trinajstić information content (AvgIpc) is 2.55. The molecule has 0 spiro atoms. The summed E-state index contributed by atoms with van der Waals surface area (Å²) in [5.41, 5.74) is -0.478. The molecule has 103 valence electrons. The Morgan fingerprint density at radius 1 is 0.722 bits per heavy atom. The molecule has 0 aromatic carbocycles. The van der Waals surface area contributed by atoms with Gasteiger partial charge < -0.3 is 0 Å². The summed E-state index contributed by atoms with van der Waals surface area (Å²) in [4.78, 5) is 11.8. The Labute approximate surface area is 111 Å². The standard InChI is InChI=1S/C16H27O2/c17-15(18)16(12-8-4-5-9-13-16)14-10-6-2-1-3-7-11-14/h14H,1-13H2. The van der Waals surface area contributed by atoms with E-state index in [-0.39, 0.29) is 0 Å². The van der Waals surface area contributed by atoms with Crippen molar-refractivity contribution in [3.8, 4) is 0 Å². The first-order chi connectivity index (χ1) is 8.76. The van der Waals surface area contributed by atoms with E-state index in [9.17, 15) is 9.90 Å². The molecule has 0 aliphatic heterocycles. The maximum Gasteiger partial charge on any atom is 0.361 e. The van der Waals surface area contributed by atoms with Crippen molar-refractivity contribution in [3.05, 3.63) is 0 Å². The zero-order valence-electron chi connectivity index (χ0n) is 11.6. The molecule has 2 heteroatoms. The van der Waals surface area contributed by atoms with Gasteiger partial charge in [0.1, 0.15) is 0 Å². The van der Waals surface area contributed by atoms with E-state index >= 15 is 0 Å². The van der Waals surface area contributed by atoms with Crippen molar-refractivity contribution < 1.29 is 9.90 Å². The van der Waals surface area contributed by atoms with Crippen molar-refractivity contribution in [2.75, 3.05) is 0 Å². The summed E-state index contributed by atoms with van der Waals surface area (Å²) in [7, 11) is 0. The van der Waals surface area contributed by atoms with Crippen molar-refractivity contribution in [2.45, 2.75) is 83.5 Å². The molecule has 2 aliphatic rings. The van der Waals surface area contributed by atoms with Crippen LogP contribution in [0.1, 0.15) is 83.5 Å². The molecule has 18 heavy (non-hydrogen) atoms. The number of hydrogen-bond donors (Lipinski definition) is 0. The highest BCUT2D eigenvalue weighted by molar-refractivity contribution is 5.74. The molecule has 0 atom stereocenters. The van der Waals surface area contributed by atoms with Gasteiger partial charge in [-0.2, -0.15) is 0 Å². The second-order valence-corrected chi connectivity index (χ2v) is 6.40. The first kappa shape index (κ1) is 13.9. The fraction of sp³-hybridized carbons (Fsp3) is 0.938. The SMILES string of the molecule is [O]C(=O)C1(C2CCCCCCC2)CCCCCC1. The van der Waals surface area contributed by atoms with Crippen LogP contribution in [-0.2, 0) is 9.90 Å². The molecule has 0 saturated heterocycles. The van der Waals surface area contributed by atoms with Crippen LogP contribution in [0.4, 0.5) is 0 Å². The third kappa shape index (κ3) is 3.07. The Hall–Kier alpha value is -0.530. The van der Waals surface area contributed by atoms with Gasteiger partial charge in [0.15, 0.2) is 0 Å². The molecule has 2 nitrogen and oxygen atoms in total. The molecule has 0 aromatic rings. The highest BCUT2D eigenvalue weighted by atomic mass is 16.4. The van der Waals surface area contributed by atoms with Gasteiger partial charge in [0, 0.05) is 0 Å². The van der Waals surface area contributed by atoms with Gasteiger partial charge >= 0.3 is 5.97 Å². The van der Waals surface area contributed by atoms with Crippen LogP contribution in [0, 0.1) is 11.3 Å². The largest absolute Gasteiger partial charge is 0.361 e. The quantitative estimate of drug-likeness (QED) is 0.658. The van der Waals surface area contributed by atoms with Gasteiger partial charge in [-0.3, -0.25) is 0 Å². The number of carbonyl (C=O) groups excluding carboxylic acids is 1. The van der Waals surface area contributed by atoms with Crippen molar-refractivity contribution in [1.82, 2.24) is 0 Å². The zero-order chi connectivity index (χ0) is 12.8. The van der Waals surface area contributed by atoms with Gasteiger partial charge in [-0.15, -0.1) is 0 Å². The molecule has 0 amide bonds. The fourth-order valence-electron chi connectivity index (χ4n) is 4.15. The van der Waals surface area contributed by atoms with E-state index < -0.39 is 11.4 Å². The minimum absolute atomic E-state index is 0.390. The van der Waals surface area contributed by atoms with Crippen molar-refractivity contribution >= 4 is 5.97 Å². The summed E-state index contributed by atoms with van der Waals surface area (Å²) < 4.78 is 0. The molecule has 2 rings (SSSR count). The van der Waals surface area contributed by atoms with E-state index in [4.69, 9.17) is 0 Å². The summed E-state index contributed by atoms with van der Waals surface area (Å²) in [6.45, 7) is 0. The third-order valence-electron chi connectivity index (χ3n) is 5.29. The smallest absolute Gasteiger partial charge is 0.247 e. The predicted octanol–water partition coefficient (Wildman–Crippen LogP) is 4.64. The van der Waals surface area contributed by atoms with Gasteiger partial charge in [0.2, 0.25) is 0 Å². The second-order valence-electron chi connectivity index (χ2n) is 6.40. The van der Waals surface area contributed by atoms with E-state index in [0.717, 1.165) is 38.5 Å². The van der Waals surface area contributed by atoms with Gasteiger partial charge in [-0.05, 0) is 31.6 Å². The molecule has 1 radical (unpaired) electrons. The van der Waals surface area contributed by atoms with Crippen LogP contribution in [0.5, 0.6) is 0 Å². The zero-order valence-corrected chi connectivity index (χ0v) is 11.6. The Morgan fingerprint density at radius 3 is 1.67 bits per heavy atom. The normalized spacial score (nSPS) is 26.9. The molecule has 2 aliphatic carbocycles. The van der Waals surface area contributed by atoms with E-state index in [2.05, 4.69) is 0 Å². The molecule has 0 unspecified atom stereocenters. The topological polar surface area (TPSA) is 37.0 Å². The lowest BCUT2D eigenvalue weighted by Crippen LogP contribution is -2.38. The first-order valence-electron chi connectivity index (χ1n) is 7.97. The Morgan fingerprint density at radius 2 is 1.17 bits per heavy atom. The van der Waals surface area contributed by atoms with Crippen molar-refractivity contribution in [3.63, 3.8) is 0 Å². The van der Waals surface area contributed by atoms with Crippen LogP contribution >= 0.6 is 0 Å². The van der Waals surface area contributed by atoms with Crippen LogP contribution < -0.4 is 0 Å². The van der Waals surface area contributed by atoms with Crippen LogP contribution in [-0.4, -0.2) is 5.97 Å². The van der Waals surface area contributed by atoms with E-state index in [1.54, 1.807) is 0 Å². The number of hydrogen-bond acceptors (Lipinski definition) is 1. The molecule has 0 bridgehead atoms. The van der Waals surface area contributed by atoms with Crippen molar-refractivity contribution in [1.29, 1.82) is 0 Å².